The molecule has 0 aliphatic carbocycles. The summed E-state index contributed by atoms with van der Waals surface area (Å²) in [5.41, 5.74) is 4.23. The van der Waals surface area contributed by atoms with Gasteiger partial charge in [0.15, 0.2) is 0 Å². The SMILES string of the molecule is OCc1ccc(OCCc2ccc(CCOc3ccc(CO)cc3)cc2)cc1. The van der Waals surface area contributed by atoms with Crippen molar-refractivity contribution >= 4 is 0 Å². The van der Waals surface area contributed by atoms with Crippen LogP contribution in [0.1, 0.15) is 22.3 Å². The van der Waals surface area contributed by atoms with Crippen LogP contribution in [-0.2, 0) is 26.1 Å². The van der Waals surface area contributed by atoms with E-state index in [1.165, 1.54) is 11.1 Å². The van der Waals surface area contributed by atoms with Crippen molar-refractivity contribution in [3.8, 4) is 11.5 Å². The molecule has 0 bridgehead atoms. The molecule has 0 saturated heterocycles. The van der Waals surface area contributed by atoms with E-state index >= 15 is 0 Å². The standard InChI is InChI=1S/C24H26O4/c25-17-21-5-9-23(10-6-21)27-15-13-19-1-2-20(4-3-19)14-16-28-24-11-7-22(18-26)8-12-24/h1-12,25-26H,13-18H2. The summed E-state index contributed by atoms with van der Waals surface area (Å²) in [5.74, 6) is 1.64. The molecule has 0 heterocycles. The van der Waals surface area contributed by atoms with E-state index in [0.29, 0.717) is 13.2 Å². The van der Waals surface area contributed by atoms with Crippen LogP contribution in [0.15, 0.2) is 72.8 Å². The average Bonchev–Trinajstić information content (AvgIpc) is 2.76. The molecule has 0 spiro atoms. The molecule has 0 unspecified atom stereocenters. The molecule has 3 aromatic carbocycles. The van der Waals surface area contributed by atoms with Gasteiger partial charge in [0, 0.05) is 12.8 Å². The van der Waals surface area contributed by atoms with E-state index in [-0.39, 0.29) is 13.2 Å². The van der Waals surface area contributed by atoms with Crippen LogP contribution in [0.5, 0.6) is 11.5 Å². The van der Waals surface area contributed by atoms with Gasteiger partial charge in [-0.25, -0.2) is 0 Å². The Morgan fingerprint density at radius 3 is 1.11 bits per heavy atom. The van der Waals surface area contributed by atoms with E-state index in [0.717, 1.165) is 35.5 Å². The number of aliphatic hydroxyl groups excluding tert-OH is 2. The largest absolute Gasteiger partial charge is 0.493 e. The third kappa shape index (κ3) is 6.12. The zero-order chi connectivity index (χ0) is 19.6. The number of hydrogen-bond donors (Lipinski definition) is 2. The van der Waals surface area contributed by atoms with Gasteiger partial charge in [-0.1, -0.05) is 48.5 Å². The summed E-state index contributed by atoms with van der Waals surface area (Å²) in [7, 11) is 0. The van der Waals surface area contributed by atoms with E-state index in [1.54, 1.807) is 0 Å². The van der Waals surface area contributed by atoms with Gasteiger partial charge in [-0.15, -0.1) is 0 Å². The maximum Gasteiger partial charge on any atom is 0.119 e. The summed E-state index contributed by atoms with van der Waals surface area (Å²) in [4.78, 5) is 0. The van der Waals surface area contributed by atoms with Crippen LogP contribution in [0.4, 0.5) is 0 Å². The Hall–Kier alpha value is -2.82. The van der Waals surface area contributed by atoms with E-state index < -0.39 is 0 Å². The highest BCUT2D eigenvalue weighted by atomic mass is 16.5. The van der Waals surface area contributed by atoms with Crippen molar-refractivity contribution in [1.29, 1.82) is 0 Å². The Balaban J connectivity index is 1.38. The van der Waals surface area contributed by atoms with Crippen LogP contribution in [-0.4, -0.2) is 23.4 Å². The molecule has 0 aliphatic heterocycles. The number of aliphatic hydroxyl groups is 2. The highest BCUT2D eigenvalue weighted by molar-refractivity contribution is 5.28. The minimum atomic E-state index is 0.0493. The lowest BCUT2D eigenvalue weighted by atomic mass is 10.1. The summed E-state index contributed by atoms with van der Waals surface area (Å²) in [6, 6.07) is 23.5. The minimum absolute atomic E-state index is 0.0493. The smallest absolute Gasteiger partial charge is 0.119 e. The Morgan fingerprint density at radius 2 is 0.786 bits per heavy atom. The van der Waals surface area contributed by atoms with Gasteiger partial charge in [-0.3, -0.25) is 0 Å². The summed E-state index contributed by atoms with van der Waals surface area (Å²) < 4.78 is 11.5. The second kappa shape index (κ2) is 10.5. The van der Waals surface area contributed by atoms with Gasteiger partial charge in [-0.2, -0.15) is 0 Å². The molecule has 3 aromatic rings. The van der Waals surface area contributed by atoms with Crippen molar-refractivity contribution in [2.75, 3.05) is 13.2 Å². The van der Waals surface area contributed by atoms with Gasteiger partial charge < -0.3 is 19.7 Å². The first kappa shape index (κ1) is 19.9. The monoisotopic (exact) mass is 378 g/mol. The second-order valence-electron chi connectivity index (χ2n) is 6.62. The van der Waals surface area contributed by atoms with Crippen LogP contribution in [0.2, 0.25) is 0 Å². The van der Waals surface area contributed by atoms with Crippen molar-refractivity contribution in [3.05, 3.63) is 95.1 Å². The lowest BCUT2D eigenvalue weighted by Gasteiger charge is -2.09. The molecule has 4 heteroatoms. The van der Waals surface area contributed by atoms with Gasteiger partial charge in [0.2, 0.25) is 0 Å². The van der Waals surface area contributed by atoms with E-state index in [9.17, 15) is 0 Å². The lowest BCUT2D eigenvalue weighted by Crippen LogP contribution is -2.03. The van der Waals surface area contributed by atoms with Crippen molar-refractivity contribution in [2.45, 2.75) is 26.1 Å². The molecular formula is C24H26O4. The summed E-state index contributed by atoms with van der Waals surface area (Å²) in [6.07, 6.45) is 1.69. The molecule has 4 nitrogen and oxygen atoms in total. The van der Waals surface area contributed by atoms with Crippen LogP contribution in [0.3, 0.4) is 0 Å². The number of ether oxygens (including phenoxy) is 2. The van der Waals surface area contributed by atoms with Crippen molar-refractivity contribution in [2.24, 2.45) is 0 Å². The molecule has 28 heavy (non-hydrogen) atoms. The van der Waals surface area contributed by atoms with Gasteiger partial charge in [0.25, 0.3) is 0 Å². The molecule has 0 fully saturated rings. The summed E-state index contributed by atoms with van der Waals surface area (Å²) in [5, 5.41) is 18.1. The zero-order valence-electron chi connectivity index (χ0n) is 15.9. The van der Waals surface area contributed by atoms with E-state index in [2.05, 4.69) is 24.3 Å². The van der Waals surface area contributed by atoms with Gasteiger partial charge in [0.1, 0.15) is 11.5 Å². The molecule has 0 radical (unpaired) electrons. The molecule has 0 aromatic heterocycles. The molecule has 0 saturated carbocycles. The molecule has 2 N–H and O–H groups in total. The highest BCUT2D eigenvalue weighted by Crippen LogP contribution is 2.14. The first-order valence-electron chi connectivity index (χ1n) is 9.50. The Bertz CT molecular complexity index is 751. The van der Waals surface area contributed by atoms with Crippen molar-refractivity contribution < 1.29 is 19.7 Å². The first-order chi connectivity index (χ1) is 13.8. The van der Waals surface area contributed by atoms with Crippen LogP contribution >= 0.6 is 0 Å². The van der Waals surface area contributed by atoms with Gasteiger partial charge >= 0.3 is 0 Å². The lowest BCUT2D eigenvalue weighted by molar-refractivity contribution is 0.281. The molecule has 0 atom stereocenters. The number of rotatable bonds is 10. The number of hydrogen-bond acceptors (Lipinski definition) is 4. The fourth-order valence-corrected chi connectivity index (χ4v) is 2.83. The molecular weight excluding hydrogens is 352 g/mol. The van der Waals surface area contributed by atoms with Crippen LogP contribution in [0, 0.1) is 0 Å². The molecule has 0 amide bonds. The molecule has 146 valence electrons. The Morgan fingerprint density at radius 1 is 0.464 bits per heavy atom. The quantitative estimate of drug-likeness (QED) is 0.562. The Kier molecular flexibility index (Phi) is 7.47. The van der Waals surface area contributed by atoms with Crippen molar-refractivity contribution in [1.82, 2.24) is 0 Å². The van der Waals surface area contributed by atoms with Gasteiger partial charge in [-0.05, 0) is 46.5 Å². The van der Waals surface area contributed by atoms with Crippen molar-refractivity contribution in [3.63, 3.8) is 0 Å². The molecule has 0 aliphatic rings. The third-order valence-corrected chi connectivity index (χ3v) is 4.55. The summed E-state index contributed by atoms with van der Waals surface area (Å²) in [6.45, 7) is 1.33. The maximum absolute atomic E-state index is 9.05. The maximum atomic E-state index is 9.05. The van der Waals surface area contributed by atoms with E-state index in [4.69, 9.17) is 19.7 Å². The first-order valence-corrected chi connectivity index (χ1v) is 9.50. The van der Waals surface area contributed by atoms with Crippen LogP contribution in [0.25, 0.3) is 0 Å². The second-order valence-corrected chi connectivity index (χ2v) is 6.62. The average molecular weight is 378 g/mol. The third-order valence-electron chi connectivity index (χ3n) is 4.55. The predicted octanol–water partition coefficient (Wildman–Crippen LogP) is 3.91. The normalized spacial score (nSPS) is 10.6. The molecule has 3 rings (SSSR count). The predicted molar refractivity (Wildman–Crippen MR) is 110 cm³/mol. The Labute approximate surface area is 166 Å². The fourth-order valence-electron chi connectivity index (χ4n) is 2.83. The minimum Gasteiger partial charge on any atom is -0.493 e. The zero-order valence-corrected chi connectivity index (χ0v) is 15.9. The van der Waals surface area contributed by atoms with Gasteiger partial charge in [0.05, 0.1) is 26.4 Å². The van der Waals surface area contributed by atoms with E-state index in [1.807, 2.05) is 48.5 Å². The highest BCUT2D eigenvalue weighted by Gasteiger charge is 2.00. The van der Waals surface area contributed by atoms with Crippen LogP contribution < -0.4 is 9.47 Å². The fraction of sp³-hybridized carbons (Fsp3) is 0.250. The number of benzene rings is 3. The summed E-state index contributed by atoms with van der Waals surface area (Å²) >= 11 is 0. The topological polar surface area (TPSA) is 58.9 Å².